The van der Waals surface area contributed by atoms with Gasteiger partial charge in [-0.05, 0) is 30.3 Å². The van der Waals surface area contributed by atoms with Crippen LogP contribution in [-0.2, 0) is 10.0 Å². The molecule has 0 saturated heterocycles. The molecule has 5 aromatic rings. The molecule has 8 heteroatoms. The van der Waals surface area contributed by atoms with Crippen molar-refractivity contribution in [3.05, 3.63) is 91.1 Å². The fourth-order valence-corrected chi connectivity index (χ4v) is 6.09. The van der Waals surface area contributed by atoms with E-state index in [2.05, 4.69) is 9.71 Å². The van der Waals surface area contributed by atoms with Gasteiger partial charge in [-0.3, -0.25) is 9.71 Å². The molecule has 0 spiro atoms. The van der Waals surface area contributed by atoms with Crippen molar-refractivity contribution >= 4 is 49.1 Å². The van der Waals surface area contributed by atoms with Gasteiger partial charge in [0.1, 0.15) is 16.4 Å². The minimum Gasteiger partial charge on any atom is -0.506 e. The molecule has 0 bridgehead atoms. The van der Waals surface area contributed by atoms with Gasteiger partial charge in [0.25, 0.3) is 10.0 Å². The number of ether oxygens (including phenoxy) is 1. The van der Waals surface area contributed by atoms with E-state index in [0.29, 0.717) is 21.4 Å². The number of aromatic hydroxyl groups is 1. The van der Waals surface area contributed by atoms with Gasteiger partial charge in [0, 0.05) is 27.3 Å². The molecule has 4 aromatic carbocycles. The van der Waals surface area contributed by atoms with Crippen molar-refractivity contribution < 1.29 is 18.3 Å². The van der Waals surface area contributed by atoms with Crippen LogP contribution in [0.4, 0.5) is 5.69 Å². The topological polar surface area (TPSA) is 88.5 Å². The van der Waals surface area contributed by atoms with E-state index in [1.807, 2.05) is 30.3 Å². The van der Waals surface area contributed by atoms with Crippen LogP contribution in [0, 0.1) is 0 Å². The summed E-state index contributed by atoms with van der Waals surface area (Å²) >= 11 is 1.33. The lowest BCUT2D eigenvalue weighted by Gasteiger charge is -2.16. The Kier molecular flexibility index (Phi) is 5.77. The van der Waals surface area contributed by atoms with Crippen LogP contribution in [0.5, 0.6) is 11.5 Å². The number of nitrogens with one attached hydrogen (secondary N) is 1. The Morgan fingerprint density at radius 3 is 2.44 bits per heavy atom. The maximum absolute atomic E-state index is 13.3. The molecular weight excluding hydrogens is 468 g/mol. The first kappa shape index (κ1) is 22.1. The van der Waals surface area contributed by atoms with Gasteiger partial charge < -0.3 is 9.84 Å². The van der Waals surface area contributed by atoms with Crippen LogP contribution < -0.4 is 9.46 Å². The molecule has 0 aliphatic heterocycles. The zero-order valence-electron chi connectivity index (χ0n) is 18.1. The highest BCUT2D eigenvalue weighted by Gasteiger charge is 2.22. The van der Waals surface area contributed by atoms with Crippen molar-refractivity contribution in [2.45, 2.75) is 14.7 Å². The quantitative estimate of drug-likeness (QED) is 0.283. The number of pyridine rings is 1. The third-order valence-corrected chi connectivity index (χ3v) is 7.89. The van der Waals surface area contributed by atoms with Crippen LogP contribution in [-0.4, -0.2) is 25.6 Å². The monoisotopic (exact) mass is 488 g/mol. The van der Waals surface area contributed by atoms with Gasteiger partial charge >= 0.3 is 0 Å². The van der Waals surface area contributed by atoms with Crippen LogP contribution in [0.3, 0.4) is 0 Å². The molecule has 0 aliphatic rings. The first-order chi connectivity index (χ1) is 16.5. The molecule has 0 saturated carbocycles. The van der Waals surface area contributed by atoms with Crippen LogP contribution in [0.1, 0.15) is 0 Å². The van der Waals surface area contributed by atoms with Crippen LogP contribution >= 0.6 is 11.8 Å². The van der Waals surface area contributed by atoms with E-state index in [4.69, 9.17) is 4.74 Å². The minimum absolute atomic E-state index is 0.0297. The lowest BCUT2D eigenvalue weighted by atomic mass is 10.1. The maximum atomic E-state index is 13.3. The molecule has 1 heterocycles. The van der Waals surface area contributed by atoms with Crippen molar-refractivity contribution in [1.82, 2.24) is 4.98 Å². The Hall–Kier alpha value is -3.75. The van der Waals surface area contributed by atoms with Gasteiger partial charge in [0.05, 0.1) is 23.2 Å². The van der Waals surface area contributed by atoms with Crippen LogP contribution in [0.15, 0.2) is 106 Å². The van der Waals surface area contributed by atoms with Crippen LogP contribution in [0.2, 0.25) is 0 Å². The summed E-state index contributed by atoms with van der Waals surface area (Å²) in [5.74, 6) is 0.322. The Morgan fingerprint density at radius 2 is 1.62 bits per heavy atom. The summed E-state index contributed by atoms with van der Waals surface area (Å²) in [6.45, 7) is 0. The summed E-state index contributed by atoms with van der Waals surface area (Å²) in [7, 11) is -2.54. The number of hydrogen-bond donors (Lipinski definition) is 2. The van der Waals surface area contributed by atoms with Gasteiger partial charge in [0.15, 0.2) is 0 Å². The molecule has 0 aliphatic carbocycles. The number of fused-ring (bicyclic) bond motifs is 2. The van der Waals surface area contributed by atoms with Crippen molar-refractivity contribution in [3.8, 4) is 11.5 Å². The van der Waals surface area contributed by atoms with Crippen molar-refractivity contribution in [3.63, 3.8) is 0 Å². The molecule has 1 aromatic heterocycles. The Bertz CT molecular complexity index is 1630. The predicted octanol–water partition coefficient (Wildman–Crippen LogP) is 6.05. The normalized spacial score (nSPS) is 11.6. The summed E-state index contributed by atoms with van der Waals surface area (Å²) in [5.41, 5.74) is 1.16. The number of anilines is 1. The van der Waals surface area contributed by atoms with Crippen molar-refractivity contribution in [2.24, 2.45) is 0 Å². The third kappa shape index (κ3) is 4.02. The highest BCUT2D eigenvalue weighted by atomic mass is 32.2. The number of rotatable bonds is 6. The van der Waals surface area contributed by atoms with Gasteiger partial charge in [-0.25, -0.2) is 8.42 Å². The summed E-state index contributed by atoms with van der Waals surface area (Å²) in [6, 6.07) is 24.9. The van der Waals surface area contributed by atoms with Gasteiger partial charge in [-0.1, -0.05) is 66.4 Å². The number of phenolic OH excluding ortho intramolecular Hbond substituents is 1. The molecule has 34 heavy (non-hydrogen) atoms. The number of benzene rings is 4. The van der Waals surface area contributed by atoms with E-state index in [-0.39, 0.29) is 16.4 Å². The molecule has 0 atom stereocenters. The first-order valence-corrected chi connectivity index (χ1v) is 12.7. The second-order valence-corrected chi connectivity index (χ2v) is 10.2. The SMILES string of the molecule is COc1ccccc1S(=O)(=O)Nc1cc(Sc2cccc3cccnc23)c(O)c2ccccc12. The number of para-hydroxylation sites is 2. The third-order valence-electron chi connectivity index (χ3n) is 5.40. The molecule has 0 fully saturated rings. The predicted molar refractivity (Wildman–Crippen MR) is 135 cm³/mol. The summed E-state index contributed by atoms with van der Waals surface area (Å²) in [6.07, 6.45) is 1.72. The standard InChI is InChI=1S/C26H20N2O4S2/c1-32-21-12-4-5-14-24(21)34(30,31)28-20-16-23(26(29)19-11-3-2-10-18(19)20)33-22-13-6-8-17-9-7-15-27-25(17)22/h2-16,28-29H,1H3. The molecule has 0 amide bonds. The molecular formula is C26H20N2O4S2. The maximum Gasteiger partial charge on any atom is 0.265 e. The van der Waals surface area contributed by atoms with Gasteiger partial charge in [0.2, 0.25) is 0 Å². The Balaban J connectivity index is 1.64. The van der Waals surface area contributed by atoms with Gasteiger partial charge in [-0.2, -0.15) is 0 Å². The summed E-state index contributed by atoms with van der Waals surface area (Å²) in [4.78, 5) is 5.87. The Labute approximate surface area is 201 Å². The second-order valence-electron chi connectivity index (χ2n) is 7.51. The van der Waals surface area contributed by atoms with E-state index in [0.717, 1.165) is 15.8 Å². The smallest absolute Gasteiger partial charge is 0.265 e. The number of phenols is 1. The number of hydrogen-bond acceptors (Lipinski definition) is 6. The second kappa shape index (κ2) is 8.89. The fraction of sp³-hybridized carbons (Fsp3) is 0.0385. The molecule has 0 unspecified atom stereocenters. The van der Waals surface area contributed by atoms with Crippen molar-refractivity contribution in [1.29, 1.82) is 0 Å². The highest BCUT2D eigenvalue weighted by molar-refractivity contribution is 7.99. The zero-order valence-corrected chi connectivity index (χ0v) is 19.7. The average molecular weight is 489 g/mol. The number of sulfonamides is 1. The number of nitrogens with zero attached hydrogens (tertiary/aromatic N) is 1. The molecule has 2 N–H and O–H groups in total. The van der Waals surface area contributed by atoms with E-state index < -0.39 is 10.0 Å². The van der Waals surface area contributed by atoms with E-state index >= 15 is 0 Å². The van der Waals surface area contributed by atoms with Crippen LogP contribution in [0.25, 0.3) is 21.7 Å². The Morgan fingerprint density at radius 1 is 0.882 bits per heavy atom. The molecule has 5 rings (SSSR count). The number of methoxy groups -OCH3 is 1. The van der Waals surface area contributed by atoms with E-state index in [1.54, 1.807) is 54.7 Å². The lowest BCUT2D eigenvalue weighted by Crippen LogP contribution is -2.14. The zero-order chi connectivity index (χ0) is 23.7. The van der Waals surface area contributed by atoms with Crippen molar-refractivity contribution in [2.75, 3.05) is 11.8 Å². The molecule has 6 nitrogen and oxygen atoms in total. The van der Waals surface area contributed by atoms with Gasteiger partial charge in [-0.15, -0.1) is 0 Å². The average Bonchev–Trinajstić information content (AvgIpc) is 2.87. The van der Waals surface area contributed by atoms with E-state index in [9.17, 15) is 13.5 Å². The number of aromatic nitrogens is 1. The van der Waals surface area contributed by atoms with E-state index in [1.165, 1.54) is 24.9 Å². The first-order valence-electron chi connectivity index (χ1n) is 10.4. The lowest BCUT2D eigenvalue weighted by molar-refractivity contribution is 0.403. The highest BCUT2D eigenvalue weighted by Crippen LogP contribution is 2.44. The fourth-order valence-electron chi connectivity index (χ4n) is 3.81. The summed E-state index contributed by atoms with van der Waals surface area (Å²) in [5, 5.41) is 13.2. The molecule has 170 valence electrons. The molecule has 0 radical (unpaired) electrons. The largest absolute Gasteiger partial charge is 0.506 e. The summed E-state index contributed by atoms with van der Waals surface area (Å²) < 4.78 is 34.5. The minimum atomic E-state index is -3.96.